The highest BCUT2D eigenvalue weighted by molar-refractivity contribution is 5.76. The van der Waals surface area contributed by atoms with E-state index in [1.165, 1.54) is 26.2 Å². The molecule has 0 aromatic rings. The molecule has 0 unspecified atom stereocenters. The fourth-order valence-electron chi connectivity index (χ4n) is 3.07. The summed E-state index contributed by atoms with van der Waals surface area (Å²) in [5.41, 5.74) is 0. The molecule has 2 heterocycles. The standard InChI is InChI=1S/C15H30N4O/c1-3-18(4-2)15(20)6-5-7-17-8-10-19(11-9-17)14-12-16-13-14/h14,16H,3-13H2,1-2H3. The molecular weight excluding hydrogens is 252 g/mol. The van der Waals surface area contributed by atoms with Gasteiger partial charge >= 0.3 is 0 Å². The van der Waals surface area contributed by atoms with E-state index in [0.717, 1.165) is 45.2 Å². The van der Waals surface area contributed by atoms with Crippen LogP contribution in [-0.2, 0) is 4.79 Å². The van der Waals surface area contributed by atoms with Gasteiger partial charge in [0.15, 0.2) is 0 Å². The van der Waals surface area contributed by atoms with Gasteiger partial charge in [0.25, 0.3) is 0 Å². The van der Waals surface area contributed by atoms with Crippen LogP contribution < -0.4 is 5.32 Å². The minimum absolute atomic E-state index is 0.314. The van der Waals surface area contributed by atoms with Crippen LogP contribution in [-0.4, -0.2) is 85.6 Å². The molecule has 0 aliphatic carbocycles. The molecule has 2 aliphatic heterocycles. The number of nitrogens with one attached hydrogen (secondary N) is 1. The summed E-state index contributed by atoms with van der Waals surface area (Å²) in [6.45, 7) is 13.9. The van der Waals surface area contributed by atoms with E-state index in [1.807, 2.05) is 4.90 Å². The first kappa shape index (κ1) is 15.7. The maximum atomic E-state index is 11.9. The molecule has 0 radical (unpaired) electrons. The molecule has 2 saturated heterocycles. The van der Waals surface area contributed by atoms with Gasteiger partial charge < -0.3 is 15.1 Å². The average molecular weight is 282 g/mol. The van der Waals surface area contributed by atoms with Gasteiger partial charge in [-0.25, -0.2) is 0 Å². The van der Waals surface area contributed by atoms with Gasteiger partial charge in [-0.2, -0.15) is 0 Å². The second-order valence-corrected chi connectivity index (χ2v) is 5.86. The van der Waals surface area contributed by atoms with Crippen LogP contribution in [0.1, 0.15) is 26.7 Å². The third-order valence-corrected chi connectivity index (χ3v) is 4.66. The Morgan fingerprint density at radius 3 is 2.30 bits per heavy atom. The maximum absolute atomic E-state index is 11.9. The number of rotatable bonds is 7. The van der Waals surface area contributed by atoms with Crippen molar-refractivity contribution in [2.45, 2.75) is 32.7 Å². The van der Waals surface area contributed by atoms with E-state index in [1.54, 1.807) is 0 Å². The monoisotopic (exact) mass is 282 g/mol. The van der Waals surface area contributed by atoms with Crippen LogP contribution in [0.25, 0.3) is 0 Å². The van der Waals surface area contributed by atoms with Crippen LogP contribution in [0.3, 0.4) is 0 Å². The van der Waals surface area contributed by atoms with Crippen LogP contribution >= 0.6 is 0 Å². The Hall–Kier alpha value is -0.650. The summed E-state index contributed by atoms with van der Waals surface area (Å²) in [6, 6.07) is 0.779. The number of hydrogen-bond donors (Lipinski definition) is 1. The molecular formula is C15H30N4O. The Balaban J connectivity index is 1.57. The predicted molar refractivity (Wildman–Crippen MR) is 81.8 cm³/mol. The molecule has 5 nitrogen and oxygen atoms in total. The third kappa shape index (κ3) is 4.17. The molecule has 116 valence electrons. The fraction of sp³-hybridized carbons (Fsp3) is 0.933. The number of carbonyl (C=O) groups is 1. The molecule has 2 rings (SSSR count). The first-order valence-electron chi connectivity index (χ1n) is 8.19. The van der Waals surface area contributed by atoms with Crippen molar-refractivity contribution in [3.8, 4) is 0 Å². The van der Waals surface area contributed by atoms with Crippen molar-refractivity contribution in [3.05, 3.63) is 0 Å². The molecule has 1 N–H and O–H groups in total. The van der Waals surface area contributed by atoms with Crippen LogP contribution in [0.15, 0.2) is 0 Å². The Bertz CT molecular complexity index is 294. The zero-order valence-electron chi connectivity index (χ0n) is 13.1. The lowest BCUT2D eigenvalue weighted by Gasteiger charge is -2.43. The quantitative estimate of drug-likeness (QED) is 0.725. The lowest BCUT2D eigenvalue weighted by molar-refractivity contribution is -0.131. The zero-order valence-corrected chi connectivity index (χ0v) is 13.1. The summed E-state index contributed by atoms with van der Waals surface area (Å²) in [5, 5.41) is 3.34. The molecule has 1 amide bonds. The van der Waals surface area contributed by atoms with Crippen LogP contribution in [0.2, 0.25) is 0 Å². The van der Waals surface area contributed by atoms with Crippen molar-refractivity contribution in [2.75, 3.05) is 58.9 Å². The van der Waals surface area contributed by atoms with Crippen LogP contribution in [0.4, 0.5) is 0 Å². The minimum atomic E-state index is 0.314. The topological polar surface area (TPSA) is 38.8 Å². The summed E-state index contributed by atoms with van der Waals surface area (Å²) in [5.74, 6) is 0.314. The van der Waals surface area contributed by atoms with Crippen molar-refractivity contribution in [1.29, 1.82) is 0 Å². The van der Waals surface area contributed by atoms with E-state index in [9.17, 15) is 4.79 Å². The van der Waals surface area contributed by atoms with Crippen molar-refractivity contribution >= 4 is 5.91 Å². The summed E-state index contributed by atoms with van der Waals surface area (Å²) >= 11 is 0. The highest BCUT2D eigenvalue weighted by Gasteiger charge is 2.27. The molecule has 2 fully saturated rings. The van der Waals surface area contributed by atoms with Crippen molar-refractivity contribution in [1.82, 2.24) is 20.0 Å². The SMILES string of the molecule is CCN(CC)C(=O)CCCN1CCN(C2CNC2)CC1. The molecule has 0 atom stereocenters. The Labute approximate surface area is 123 Å². The minimum Gasteiger partial charge on any atom is -0.343 e. The molecule has 0 bridgehead atoms. The lowest BCUT2D eigenvalue weighted by atomic mass is 10.1. The lowest BCUT2D eigenvalue weighted by Crippen LogP contribution is -2.61. The van der Waals surface area contributed by atoms with Gasteiger partial charge in [0.2, 0.25) is 5.91 Å². The molecule has 20 heavy (non-hydrogen) atoms. The van der Waals surface area contributed by atoms with E-state index >= 15 is 0 Å². The molecule has 0 spiro atoms. The largest absolute Gasteiger partial charge is 0.343 e. The van der Waals surface area contributed by atoms with Gasteiger partial charge in [-0.3, -0.25) is 9.69 Å². The summed E-state index contributed by atoms with van der Waals surface area (Å²) in [4.78, 5) is 19.0. The Morgan fingerprint density at radius 2 is 1.80 bits per heavy atom. The molecule has 5 heteroatoms. The number of nitrogens with zero attached hydrogens (tertiary/aromatic N) is 3. The van der Waals surface area contributed by atoms with Crippen LogP contribution in [0.5, 0.6) is 0 Å². The van der Waals surface area contributed by atoms with E-state index < -0.39 is 0 Å². The number of amides is 1. The Morgan fingerprint density at radius 1 is 1.15 bits per heavy atom. The first-order chi connectivity index (χ1) is 9.74. The van der Waals surface area contributed by atoms with E-state index in [-0.39, 0.29) is 0 Å². The highest BCUT2D eigenvalue weighted by atomic mass is 16.2. The zero-order chi connectivity index (χ0) is 14.4. The Kier molecular flexibility index (Phi) is 6.26. The van der Waals surface area contributed by atoms with E-state index in [4.69, 9.17) is 0 Å². The molecule has 2 aliphatic rings. The number of carbonyl (C=O) groups excluding carboxylic acids is 1. The smallest absolute Gasteiger partial charge is 0.222 e. The second kappa shape index (κ2) is 7.96. The second-order valence-electron chi connectivity index (χ2n) is 5.86. The fourth-order valence-corrected chi connectivity index (χ4v) is 3.07. The molecule has 0 saturated carbocycles. The normalized spacial score (nSPS) is 21.7. The maximum Gasteiger partial charge on any atom is 0.222 e. The van der Waals surface area contributed by atoms with Crippen molar-refractivity contribution in [2.24, 2.45) is 0 Å². The van der Waals surface area contributed by atoms with Crippen molar-refractivity contribution in [3.63, 3.8) is 0 Å². The number of hydrogen-bond acceptors (Lipinski definition) is 4. The van der Waals surface area contributed by atoms with E-state index in [2.05, 4.69) is 29.0 Å². The predicted octanol–water partition coefficient (Wildman–Crippen LogP) is 0.224. The molecule has 0 aromatic heterocycles. The van der Waals surface area contributed by atoms with Gasteiger partial charge in [0.05, 0.1) is 0 Å². The first-order valence-corrected chi connectivity index (χ1v) is 8.19. The van der Waals surface area contributed by atoms with Gasteiger partial charge in [0, 0.05) is 64.8 Å². The summed E-state index contributed by atoms with van der Waals surface area (Å²) < 4.78 is 0. The van der Waals surface area contributed by atoms with Gasteiger partial charge in [-0.15, -0.1) is 0 Å². The van der Waals surface area contributed by atoms with Gasteiger partial charge in [-0.05, 0) is 26.8 Å². The van der Waals surface area contributed by atoms with E-state index in [0.29, 0.717) is 12.3 Å². The van der Waals surface area contributed by atoms with Gasteiger partial charge in [0.1, 0.15) is 0 Å². The van der Waals surface area contributed by atoms with Crippen LogP contribution in [0, 0.1) is 0 Å². The average Bonchev–Trinajstić information content (AvgIpc) is 2.40. The third-order valence-electron chi connectivity index (χ3n) is 4.66. The van der Waals surface area contributed by atoms with Crippen molar-refractivity contribution < 1.29 is 4.79 Å². The number of piperazine rings is 1. The summed E-state index contributed by atoms with van der Waals surface area (Å²) in [7, 11) is 0. The highest BCUT2D eigenvalue weighted by Crippen LogP contribution is 2.10. The van der Waals surface area contributed by atoms with Gasteiger partial charge in [-0.1, -0.05) is 0 Å². The molecule has 0 aromatic carbocycles. The summed E-state index contributed by atoms with van der Waals surface area (Å²) in [6.07, 6.45) is 1.70.